The summed E-state index contributed by atoms with van der Waals surface area (Å²) in [5.41, 5.74) is 2.07. The van der Waals surface area contributed by atoms with Gasteiger partial charge < -0.3 is 9.47 Å². The molecule has 1 N–H and O–H groups in total. The fourth-order valence-corrected chi connectivity index (χ4v) is 6.26. The summed E-state index contributed by atoms with van der Waals surface area (Å²) in [6.07, 6.45) is 3.16. The number of thiazole rings is 1. The fraction of sp³-hybridized carbons (Fsp3) is 0.364. The predicted molar refractivity (Wildman–Crippen MR) is 123 cm³/mol. The Kier molecular flexibility index (Phi) is 6.09. The maximum Gasteiger partial charge on any atom is 0.265 e. The van der Waals surface area contributed by atoms with Gasteiger partial charge in [-0.2, -0.15) is 0 Å². The van der Waals surface area contributed by atoms with Crippen molar-refractivity contribution < 1.29 is 17.6 Å². The smallest absolute Gasteiger partial charge is 0.265 e. The van der Waals surface area contributed by atoms with Crippen LogP contribution in [0.15, 0.2) is 35.2 Å². The van der Waals surface area contributed by atoms with Gasteiger partial charge in [0.25, 0.3) is 15.9 Å². The van der Waals surface area contributed by atoms with Crippen molar-refractivity contribution in [1.82, 2.24) is 14.5 Å². The number of carbonyl (C=O) groups excluding carboxylic acids is 1. The Morgan fingerprint density at radius 1 is 1.12 bits per heavy atom. The Labute approximate surface area is 191 Å². The number of hydrogen-bond acceptors (Lipinski definition) is 5. The molecule has 1 amide bonds. The first-order chi connectivity index (χ1) is 15.2. The molecule has 4 rings (SSSR count). The molecule has 3 heterocycles. The maximum atomic E-state index is 13.1. The van der Waals surface area contributed by atoms with Gasteiger partial charge in [0.15, 0.2) is 0 Å². The summed E-state index contributed by atoms with van der Waals surface area (Å²) < 4.78 is 43.4. The minimum atomic E-state index is -3.89. The van der Waals surface area contributed by atoms with Crippen LogP contribution in [0.25, 0.3) is 10.7 Å². The minimum Gasteiger partial charge on any atom is -0.345 e. The number of sulfonamides is 1. The first-order valence-electron chi connectivity index (χ1n) is 10.4. The second-order valence-electron chi connectivity index (χ2n) is 7.94. The first-order valence-corrected chi connectivity index (χ1v) is 12.7. The third kappa shape index (κ3) is 4.29. The number of nitrogens with one attached hydrogen (secondary N) is 1. The van der Waals surface area contributed by atoms with Gasteiger partial charge >= 0.3 is 0 Å². The molecule has 32 heavy (non-hydrogen) atoms. The van der Waals surface area contributed by atoms with Crippen LogP contribution in [0, 0.1) is 19.7 Å². The molecule has 0 atom stereocenters. The normalized spacial score (nSPS) is 14.6. The lowest BCUT2D eigenvalue weighted by molar-refractivity contribution is 0.0728. The number of piperidine rings is 1. The van der Waals surface area contributed by atoms with Crippen LogP contribution in [0.4, 0.5) is 10.1 Å². The molecule has 10 heteroatoms. The predicted octanol–water partition coefficient (Wildman–Crippen LogP) is 4.33. The molecule has 1 aliphatic heterocycles. The van der Waals surface area contributed by atoms with E-state index >= 15 is 0 Å². The lowest BCUT2D eigenvalue weighted by Crippen LogP contribution is -2.35. The number of nitrogens with zero attached hydrogens (tertiary/aromatic N) is 3. The quantitative estimate of drug-likeness (QED) is 0.594. The van der Waals surface area contributed by atoms with Crippen molar-refractivity contribution in [2.75, 3.05) is 17.8 Å². The van der Waals surface area contributed by atoms with Crippen LogP contribution in [0.3, 0.4) is 0 Å². The number of likely N-dealkylation sites (tertiary alicyclic amines) is 1. The van der Waals surface area contributed by atoms with Crippen molar-refractivity contribution in [2.45, 2.75) is 38.0 Å². The molecule has 1 saturated heterocycles. The number of rotatable bonds is 5. The lowest BCUT2D eigenvalue weighted by Gasteiger charge is -2.26. The van der Waals surface area contributed by atoms with Crippen molar-refractivity contribution in [3.63, 3.8) is 0 Å². The summed E-state index contributed by atoms with van der Waals surface area (Å²) in [6, 6.07) is 6.69. The van der Waals surface area contributed by atoms with Crippen molar-refractivity contribution in [3.8, 4) is 10.7 Å². The zero-order chi connectivity index (χ0) is 23.0. The van der Waals surface area contributed by atoms with E-state index in [4.69, 9.17) is 0 Å². The zero-order valence-electron chi connectivity index (χ0n) is 18.2. The van der Waals surface area contributed by atoms with E-state index in [0.717, 1.165) is 32.4 Å². The molecule has 1 fully saturated rings. The highest BCUT2D eigenvalue weighted by Crippen LogP contribution is 2.33. The molecule has 1 aromatic carbocycles. The molecule has 7 nitrogen and oxygen atoms in total. The Bertz CT molecular complexity index is 1260. The Morgan fingerprint density at radius 2 is 1.78 bits per heavy atom. The topological polar surface area (TPSA) is 84.3 Å². The number of benzene rings is 1. The highest BCUT2D eigenvalue weighted by atomic mass is 32.2. The van der Waals surface area contributed by atoms with Crippen LogP contribution in [-0.2, 0) is 17.1 Å². The van der Waals surface area contributed by atoms with E-state index < -0.39 is 15.8 Å². The lowest BCUT2D eigenvalue weighted by atomic mass is 10.1. The molecule has 2 aromatic heterocycles. The van der Waals surface area contributed by atoms with Gasteiger partial charge in [0.05, 0.1) is 11.4 Å². The minimum absolute atomic E-state index is 0.0114. The van der Waals surface area contributed by atoms with Crippen molar-refractivity contribution in [1.29, 1.82) is 0 Å². The average Bonchev–Trinajstić information content (AvgIpc) is 3.30. The van der Waals surface area contributed by atoms with Crippen molar-refractivity contribution in [2.24, 2.45) is 7.05 Å². The van der Waals surface area contributed by atoms with E-state index in [1.807, 2.05) is 4.90 Å². The second kappa shape index (κ2) is 8.67. The molecule has 0 bridgehead atoms. The van der Waals surface area contributed by atoms with Gasteiger partial charge in [-0.3, -0.25) is 9.52 Å². The van der Waals surface area contributed by atoms with Crippen LogP contribution in [-0.4, -0.2) is 41.9 Å². The van der Waals surface area contributed by atoms with Gasteiger partial charge in [-0.15, -0.1) is 11.3 Å². The van der Waals surface area contributed by atoms with E-state index in [1.54, 1.807) is 31.5 Å². The standard InChI is InChI=1S/C22H25FN4O3S2/c1-14-20(22(28)27-11-5-4-6-12-27)31-21(24-14)18-13-19(15(2)26(18)3)32(29,30)25-17-9-7-16(23)8-10-17/h7-10,13,25H,4-6,11-12H2,1-3H3. The number of hydrogen-bond donors (Lipinski definition) is 1. The summed E-state index contributed by atoms with van der Waals surface area (Å²) in [4.78, 5) is 20.1. The maximum absolute atomic E-state index is 13.1. The number of halogens is 1. The molecular weight excluding hydrogens is 451 g/mol. The highest BCUT2D eigenvalue weighted by molar-refractivity contribution is 7.92. The molecule has 0 aliphatic carbocycles. The summed E-state index contributed by atoms with van der Waals surface area (Å²) in [5, 5.41) is 0.594. The van der Waals surface area contributed by atoms with Gasteiger partial charge in [-0.1, -0.05) is 0 Å². The second-order valence-corrected chi connectivity index (χ2v) is 10.6. The van der Waals surface area contributed by atoms with Gasteiger partial charge in [0, 0.05) is 31.5 Å². The molecular formula is C22H25FN4O3S2. The zero-order valence-corrected chi connectivity index (χ0v) is 19.8. The third-order valence-corrected chi connectivity index (χ3v) is 8.39. The Hall–Kier alpha value is -2.72. The summed E-state index contributed by atoms with van der Waals surface area (Å²) in [5.74, 6) is -0.456. The summed E-state index contributed by atoms with van der Waals surface area (Å²) in [7, 11) is -2.13. The van der Waals surface area contributed by atoms with E-state index in [-0.39, 0.29) is 16.5 Å². The van der Waals surface area contributed by atoms with Crippen LogP contribution in [0.1, 0.15) is 40.3 Å². The summed E-state index contributed by atoms with van der Waals surface area (Å²) in [6.45, 7) is 5.03. The van der Waals surface area contributed by atoms with Gasteiger partial charge in [0.2, 0.25) is 0 Å². The van der Waals surface area contributed by atoms with E-state index in [1.165, 1.54) is 35.6 Å². The largest absolute Gasteiger partial charge is 0.345 e. The molecule has 170 valence electrons. The van der Waals surface area contributed by atoms with Gasteiger partial charge in [-0.25, -0.2) is 17.8 Å². The highest BCUT2D eigenvalue weighted by Gasteiger charge is 2.27. The molecule has 0 saturated carbocycles. The van der Waals surface area contributed by atoms with Gasteiger partial charge in [-0.05, 0) is 63.4 Å². The Balaban J connectivity index is 1.65. The third-order valence-electron chi connectivity index (χ3n) is 5.73. The number of aryl methyl sites for hydroxylation is 1. The van der Waals surface area contributed by atoms with Gasteiger partial charge in [0.1, 0.15) is 20.6 Å². The van der Waals surface area contributed by atoms with Crippen LogP contribution < -0.4 is 4.72 Å². The molecule has 0 spiro atoms. The first kappa shape index (κ1) is 22.5. The molecule has 0 unspecified atom stereocenters. The fourth-order valence-electron chi connectivity index (χ4n) is 3.82. The van der Waals surface area contributed by atoms with Crippen LogP contribution >= 0.6 is 11.3 Å². The Morgan fingerprint density at radius 3 is 2.44 bits per heavy atom. The SMILES string of the molecule is Cc1nc(-c2cc(S(=O)(=O)Nc3ccc(F)cc3)c(C)n2C)sc1C(=O)N1CCCCC1. The number of carbonyl (C=O) groups is 1. The van der Waals surface area contributed by atoms with E-state index in [9.17, 15) is 17.6 Å². The van der Waals surface area contributed by atoms with Crippen molar-refractivity contribution in [3.05, 3.63) is 52.4 Å². The van der Waals surface area contributed by atoms with E-state index in [0.29, 0.717) is 27.0 Å². The average molecular weight is 477 g/mol. The molecule has 3 aromatic rings. The van der Waals surface area contributed by atoms with E-state index in [2.05, 4.69) is 9.71 Å². The van der Waals surface area contributed by atoms with Crippen molar-refractivity contribution >= 4 is 33.0 Å². The van der Waals surface area contributed by atoms with Crippen LogP contribution in [0.2, 0.25) is 0 Å². The number of aromatic nitrogens is 2. The molecule has 1 aliphatic rings. The number of anilines is 1. The molecule has 0 radical (unpaired) electrons. The monoisotopic (exact) mass is 476 g/mol. The number of amides is 1. The summed E-state index contributed by atoms with van der Waals surface area (Å²) >= 11 is 1.29. The van der Waals surface area contributed by atoms with Crippen LogP contribution in [0.5, 0.6) is 0 Å².